The summed E-state index contributed by atoms with van der Waals surface area (Å²) in [5, 5.41) is 13.3. The third kappa shape index (κ3) is 3.81. The summed E-state index contributed by atoms with van der Waals surface area (Å²) in [5.74, 6) is -0.276. The second kappa shape index (κ2) is 7.07. The first-order valence-electron chi connectivity index (χ1n) is 6.20. The van der Waals surface area contributed by atoms with Gasteiger partial charge in [-0.3, -0.25) is 0 Å². The zero-order chi connectivity index (χ0) is 13.7. The molecule has 0 aliphatic carbocycles. The highest BCUT2D eigenvalue weighted by Crippen LogP contribution is 2.32. The van der Waals surface area contributed by atoms with Gasteiger partial charge in [-0.1, -0.05) is 30.4 Å². The van der Waals surface area contributed by atoms with Crippen LogP contribution in [0.5, 0.6) is 0 Å². The summed E-state index contributed by atoms with van der Waals surface area (Å²) in [7, 11) is 0. The van der Waals surface area contributed by atoms with Crippen molar-refractivity contribution in [3.8, 4) is 10.6 Å². The lowest BCUT2D eigenvalue weighted by molar-refractivity contribution is 0.621. The van der Waals surface area contributed by atoms with E-state index in [-0.39, 0.29) is 5.82 Å². The Labute approximate surface area is 124 Å². The van der Waals surface area contributed by atoms with Crippen LogP contribution >= 0.6 is 27.3 Å². The number of halogens is 2. The van der Waals surface area contributed by atoms with Crippen molar-refractivity contribution in [2.75, 3.05) is 13.1 Å². The monoisotopic (exact) mass is 343 g/mol. The van der Waals surface area contributed by atoms with Gasteiger partial charge in [-0.05, 0) is 41.5 Å². The number of nitrogens with zero attached hydrogens (tertiary/aromatic N) is 2. The maximum Gasteiger partial charge on any atom is 0.149 e. The Kier molecular flexibility index (Phi) is 5.42. The third-order valence-electron chi connectivity index (χ3n) is 2.64. The molecule has 0 aliphatic heterocycles. The summed E-state index contributed by atoms with van der Waals surface area (Å²) in [6.07, 6.45) is 1.93. The molecule has 2 rings (SSSR count). The van der Waals surface area contributed by atoms with Crippen molar-refractivity contribution < 1.29 is 4.39 Å². The third-order valence-corrected chi connectivity index (χ3v) is 4.47. The molecule has 102 valence electrons. The molecule has 0 amide bonds. The van der Waals surface area contributed by atoms with Crippen LogP contribution in [0, 0.1) is 5.82 Å². The van der Waals surface area contributed by atoms with Gasteiger partial charge in [0.1, 0.15) is 15.8 Å². The predicted molar refractivity (Wildman–Crippen MR) is 79.9 cm³/mol. The minimum absolute atomic E-state index is 0.276. The van der Waals surface area contributed by atoms with Crippen LogP contribution in [0.1, 0.15) is 18.4 Å². The Bertz CT molecular complexity index is 544. The SMILES string of the molecule is CCNCCCc1nnc(-c2cccc(F)c2Br)s1. The maximum absolute atomic E-state index is 13.5. The van der Waals surface area contributed by atoms with Gasteiger partial charge in [0, 0.05) is 12.0 Å². The van der Waals surface area contributed by atoms with Crippen molar-refractivity contribution in [2.24, 2.45) is 0 Å². The fraction of sp³-hybridized carbons (Fsp3) is 0.385. The van der Waals surface area contributed by atoms with Crippen molar-refractivity contribution in [3.05, 3.63) is 33.5 Å². The number of aromatic nitrogens is 2. The highest BCUT2D eigenvalue weighted by molar-refractivity contribution is 9.10. The average Bonchev–Trinajstić information content (AvgIpc) is 2.87. The van der Waals surface area contributed by atoms with Crippen LogP contribution < -0.4 is 5.32 Å². The minimum atomic E-state index is -0.276. The molecule has 1 aromatic heterocycles. The second-order valence-corrected chi connectivity index (χ2v) is 5.91. The first-order valence-corrected chi connectivity index (χ1v) is 7.80. The molecule has 0 unspecified atom stereocenters. The summed E-state index contributed by atoms with van der Waals surface area (Å²) in [6.45, 7) is 4.05. The summed E-state index contributed by atoms with van der Waals surface area (Å²) in [4.78, 5) is 0. The smallest absolute Gasteiger partial charge is 0.149 e. The van der Waals surface area contributed by atoms with E-state index in [0.29, 0.717) is 4.47 Å². The van der Waals surface area contributed by atoms with Crippen molar-refractivity contribution in [1.82, 2.24) is 15.5 Å². The van der Waals surface area contributed by atoms with E-state index < -0.39 is 0 Å². The summed E-state index contributed by atoms with van der Waals surface area (Å²) >= 11 is 4.77. The Morgan fingerprint density at radius 2 is 2.21 bits per heavy atom. The molecule has 0 bridgehead atoms. The fourth-order valence-electron chi connectivity index (χ4n) is 1.67. The zero-order valence-electron chi connectivity index (χ0n) is 10.6. The molecule has 3 nitrogen and oxygen atoms in total. The largest absolute Gasteiger partial charge is 0.317 e. The molecule has 0 atom stereocenters. The van der Waals surface area contributed by atoms with E-state index in [1.54, 1.807) is 6.07 Å². The van der Waals surface area contributed by atoms with Crippen LogP contribution in [-0.2, 0) is 6.42 Å². The summed E-state index contributed by atoms with van der Waals surface area (Å²) < 4.78 is 13.9. The van der Waals surface area contributed by atoms with Gasteiger partial charge in [0.2, 0.25) is 0 Å². The molecule has 1 aromatic carbocycles. The normalized spacial score (nSPS) is 10.9. The topological polar surface area (TPSA) is 37.8 Å². The lowest BCUT2D eigenvalue weighted by atomic mass is 10.2. The Balaban J connectivity index is 2.06. The highest BCUT2D eigenvalue weighted by Gasteiger charge is 2.12. The van der Waals surface area contributed by atoms with Crippen LogP contribution in [0.25, 0.3) is 10.6 Å². The van der Waals surface area contributed by atoms with Crippen molar-refractivity contribution in [3.63, 3.8) is 0 Å². The van der Waals surface area contributed by atoms with E-state index in [0.717, 1.165) is 41.5 Å². The lowest BCUT2D eigenvalue weighted by Crippen LogP contribution is -2.14. The van der Waals surface area contributed by atoms with E-state index in [1.165, 1.54) is 17.4 Å². The standard InChI is InChI=1S/C13H15BrFN3S/c1-2-16-8-4-7-11-17-18-13(19-11)9-5-3-6-10(15)12(9)14/h3,5-6,16H,2,4,7-8H2,1H3. The van der Waals surface area contributed by atoms with E-state index >= 15 is 0 Å². The van der Waals surface area contributed by atoms with Gasteiger partial charge >= 0.3 is 0 Å². The Hall–Kier alpha value is -0.850. The molecule has 2 aromatic rings. The number of nitrogens with one attached hydrogen (secondary N) is 1. The zero-order valence-corrected chi connectivity index (χ0v) is 13.0. The number of hydrogen-bond acceptors (Lipinski definition) is 4. The molecule has 0 radical (unpaired) electrons. The van der Waals surface area contributed by atoms with Gasteiger partial charge in [0.15, 0.2) is 0 Å². The first kappa shape index (κ1) is 14.6. The molecule has 0 spiro atoms. The molecule has 0 saturated heterocycles. The predicted octanol–water partition coefficient (Wildman–Crippen LogP) is 3.65. The maximum atomic E-state index is 13.5. The van der Waals surface area contributed by atoms with Crippen molar-refractivity contribution >= 4 is 27.3 Å². The van der Waals surface area contributed by atoms with Gasteiger partial charge in [-0.25, -0.2) is 4.39 Å². The van der Waals surface area contributed by atoms with Crippen molar-refractivity contribution in [1.29, 1.82) is 0 Å². The van der Waals surface area contributed by atoms with Crippen molar-refractivity contribution in [2.45, 2.75) is 19.8 Å². The molecular weight excluding hydrogens is 329 g/mol. The van der Waals surface area contributed by atoms with Crippen LogP contribution in [0.4, 0.5) is 4.39 Å². The van der Waals surface area contributed by atoms with Crippen LogP contribution in [0.3, 0.4) is 0 Å². The molecule has 0 aliphatic rings. The first-order chi connectivity index (χ1) is 9.22. The van der Waals surface area contributed by atoms with Gasteiger partial charge < -0.3 is 5.32 Å². The average molecular weight is 344 g/mol. The fourth-order valence-corrected chi connectivity index (χ4v) is 3.17. The molecule has 0 saturated carbocycles. The molecular formula is C13H15BrFN3S. The van der Waals surface area contributed by atoms with Gasteiger partial charge in [-0.2, -0.15) is 0 Å². The number of hydrogen-bond donors (Lipinski definition) is 1. The molecule has 19 heavy (non-hydrogen) atoms. The van der Waals surface area contributed by atoms with E-state index in [4.69, 9.17) is 0 Å². The highest BCUT2D eigenvalue weighted by atomic mass is 79.9. The van der Waals surface area contributed by atoms with Crippen LogP contribution in [-0.4, -0.2) is 23.3 Å². The minimum Gasteiger partial charge on any atom is -0.317 e. The van der Waals surface area contributed by atoms with Crippen LogP contribution in [0.15, 0.2) is 22.7 Å². The second-order valence-electron chi connectivity index (χ2n) is 4.06. The Morgan fingerprint density at radius 3 is 3.00 bits per heavy atom. The number of aryl methyl sites for hydroxylation is 1. The number of benzene rings is 1. The van der Waals surface area contributed by atoms with E-state index in [1.807, 2.05) is 6.07 Å². The molecule has 1 N–H and O–H groups in total. The lowest BCUT2D eigenvalue weighted by Gasteiger charge is -2.00. The summed E-state index contributed by atoms with van der Waals surface area (Å²) in [6, 6.07) is 4.95. The van der Waals surface area contributed by atoms with Gasteiger partial charge in [0.25, 0.3) is 0 Å². The molecule has 0 fully saturated rings. The molecule has 6 heteroatoms. The Morgan fingerprint density at radius 1 is 1.37 bits per heavy atom. The van der Waals surface area contributed by atoms with E-state index in [9.17, 15) is 4.39 Å². The number of rotatable bonds is 6. The summed E-state index contributed by atoms with van der Waals surface area (Å²) in [5.41, 5.74) is 0.760. The van der Waals surface area contributed by atoms with E-state index in [2.05, 4.69) is 38.4 Å². The molecule has 1 heterocycles. The van der Waals surface area contributed by atoms with Gasteiger partial charge in [0.05, 0.1) is 4.47 Å². The quantitative estimate of drug-likeness (QED) is 0.813. The van der Waals surface area contributed by atoms with Crippen LogP contribution in [0.2, 0.25) is 0 Å². The van der Waals surface area contributed by atoms with Gasteiger partial charge in [-0.15, -0.1) is 10.2 Å².